The monoisotopic (exact) mass is 292 g/mol. The van der Waals surface area contributed by atoms with Crippen LogP contribution in [0, 0.1) is 11.3 Å². The lowest BCUT2D eigenvalue weighted by Crippen LogP contribution is -2.26. The first-order valence-electron chi connectivity index (χ1n) is 5.70. The molecule has 0 atom stereocenters. The van der Waals surface area contributed by atoms with Crippen molar-refractivity contribution in [3.05, 3.63) is 41.6 Å². The number of carbonyl (C=O) groups excluding carboxylic acids is 2. The number of nitriles is 1. The maximum atomic E-state index is 11.6. The summed E-state index contributed by atoms with van der Waals surface area (Å²) >= 11 is 5.44. The van der Waals surface area contributed by atoms with Crippen LogP contribution in [0.4, 0.5) is 5.69 Å². The van der Waals surface area contributed by atoms with Gasteiger partial charge >= 0.3 is 0 Å². The van der Waals surface area contributed by atoms with Gasteiger partial charge in [0.2, 0.25) is 0 Å². The third kappa shape index (κ3) is 4.30. The minimum atomic E-state index is -0.605. The number of nitrogens with two attached hydrogens (primary N) is 1. The van der Waals surface area contributed by atoms with Crippen molar-refractivity contribution in [3.8, 4) is 6.07 Å². The van der Waals surface area contributed by atoms with Gasteiger partial charge in [-0.05, 0) is 12.1 Å². The van der Waals surface area contributed by atoms with Gasteiger partial charge in [-0.1, -0.05) is 12.1 Å². The molecule has 0 aliphatic rings. The third-order valence-electron chi connectivity index (χ3n) is 2.31. The van der Waals surface area contributed by atoms with Gasteiger partial charge in [-0.25, -0.2) is 0 Å². The Hall–Kier alpha value is -2.52. The quantitative estimate of drug-likeness (QED) is 0.412. The van der Waals surface area contributed by atoms with Crippen LogP contribution in [0.1, 0.15) is 10.4 Å². The lowest BCUT2D eigenvalue weighted by molar-refractivity contribution is -0.117. The van der Waals surface area contributed by atoms with Crippen molar-refractivity contribution < 1.29 is 9.59 Å². The van der Waals surface area contributed by atoms with Gasteiger partial charge < -0.3 is 16.4 Å². The Kier molecular flexibility index (Phi) is 6.07. The molecule has 20 heavy (non-hydrogen) atoms. The van der Waals surface area contributed by atoms with E-state index in [0.717, 1.165) is 0 Å². The van der Waals surface area contributed by atoms with E-state index in [1.165, 1.54) is 12.3 Å². The second-order valence-electron chi connectivity index (χ2n) is 3.67. The Morgan fingerprint density at radius 1 is 1.40 bits per heavy atom. The van der Waals surface area contributed by atoms with E-state index in [1.54, 1.807) is 24.3 Å². The summed E-state index contributed by atoms with van der Waals surface area (Å²) in [5.41, 5.74) is 5.77. The van der Waals surface area contributed by atoms with Crippen molar-refractivity contribution in [2.45, 2.75) is 0 Å². The molecule has 0 aliphatic heterocycles. The number of hydrogen-bond acceptors (Lipinski definition) is 4. The van der Waals surface area contributed by atoms with Crippen LogP contribution in [0.15, 0.2) is 36.0 Å². The second-order valence-corrected chi connectivity index (χ2v) is 4.05. The maximum absolute atomic E-state index is 11.6. The number of benzene rings is 1. The molecule has 4 N–H and O–H groups in total. The molecular formula is C13H13ClN4O2. The molecule has 0 saturated carbocycles. The summed E-state index contributed by atoms with van der Waals surface area (Å²) < 4.78 is 0. The van der Waals surface area contributed by atoms with Gasteiger partial charge in [0.25, 0.3) is 11.8 Å². The zero-order valence-corrected chi connectivity index (χ0v) is 11.3. The molecule has 0 aliphatic carbocycles. The fourth-order valence-electron chi connectivity index (χ4n) is 1.38. The lowest BCUT2D eigenvalue weighted by atomic mass is 10.1. The summed E-state index contributed by atoms with van der Waals surface area (Å²) in [5, 5.41) is 14.1. The highest BCUT2D eigenvalue weighted by Crippen LogP contribution is 2.14. The Morgan fingerprint density at radius 3 is 2.70 bits per heavy atom. The van der Waals surface area contributed by atoms with E-state index in [2.05, 4.69) is 10.6 Å². The van der Waals surface area contributed by atoms with Crippen LogP contribution in [-0.4, -0.2) is 24.2 Å². The first kappa shape index (κ1) is 15.5. The van der Waals surface area contributed by atoms with Crippen molar-refractivity contribution in [2.24, 2.45) is 5.73 Å². The number of para-hydroxylation sites is 1. The molecule has 104 valence electrons. The Balaban J connectivity index is 2.87. The largest absolute Gasteiger partial charge is 0.366 e. The number of primary amides is 1. The topological polar surface area (TPSA) is 108 Å². The average molecular weight is 293 g/mol. The van der Waals surface area contributed by atoms with E-state index in [0.29, 0.717) is 5.69 Å². The molecule has 2 amide bonds. The number of amides is 2. The van der Waals surface area contributed by atoms with Crippen molar-refractivity contribution >= 4 is 29.1 Å². The standard InChI is InChI=1S/C13H13ClN4O2/c14-5-6-17-13(20)9(7-15)8-18-11-4-2-1-3-10(11)12(16)19/h1-4,8,18H,5-6H2,(H2,16,19)(H,17,20)/b9-8-. The Morgan fingerprint density at radius 2 is 2.10 bits per heavy atom. The van der Waals surface area contributed by atoms with E-state index in [4.69, 9.17) is 22.6 Å². The summed E-state index contributed by atoms with van der Waals surface area (Å²) in [7, 11) is 0. The molecule has 1 rings (SSSR count). The van der Waals surface area contributed by atoms with Crippen LogP contribution in [-0.2, 0) is 4.79 Å². The molecule has 0 heterocycles. The summed E-state index contributed by atoms with van der Waals surface area (Å²) in [5.74, 6) is -0.897. The SMILES string of the molecule is N#C/C(=C/Nc1ccccc1C(N)=O)C(=O)NCCCl. The molecule has 0 fully saturated rings. The van der Waals surface area contributed by atoms with E-state index in [-0.39, 0.29) is 23.6 Å². The van der Waals surface area contributed by atoms with Crippen LogP contribution in [0.25, 0.3) is 0 Å². The van der Waals surface area contributed by atoms with Gasteiger partial charge in [-0.3, -0.25) is 9.59 Å². The van der Waals surface area contributed by atoms with Gasteiger partial charge in [0.1, 0.15) is 11.6 Å². The predicted octanol–water partition coefficient (Wildman–Crippen LogP) is 0.960. The van der Waals surface area contributed by atoms with Gasteiger partial charge in [0.15, 0.2) is 0 Å². The van der Waals surface area contributed by atoms with Crippen LogP contribution in [0.2, 0.25) is 0 Å². The number of carbonyl (C=O) groups is 2. The van der Waals surface area contributed by atoms with Gasteiger partial charge in [-0.15, -0.1) is 11.6 Å². The molecule has 1 aromatic carbocycles. The van der Waals surface area contributed by atoms with Gasteiger partial charge in [-0.2, -0.15) is 5.26 Å². The van der Waals surface area contributed by atoms with Crippen molar-refractivity contribution in [3.63, 3.8) is 0 Å². The molecule has 0 unspecified atom stereocenters. The van der Waals surface area contributed by atoms with Crippen molar-refractivity contribution in [1.29, 1.82) is 5.26 Å². The highest BCUT2D eigenvalue weighted by Gasteiger charge is 2.09. The summed E-state index contributed by atoms with van der Waals surface area (Å²) in [6, 6.07) is 8.27. The molecule has 0 bridgehead atoms. The highest BCUT2D eigenvalue weighted by molar-refractivity contribution is 6.18. The molecule has 0 aromatic heterocycles. The maximum Gasteiger partial charge on any atom is 0.263 e. The highest BCUT2D eigenvalue weighted by atomic mass is 35.5. The number of halogens is 1. The normalized spacial score (nSPS) is 10.5. The Labute approximate surface area is 121 Å². The number of alkyl halides is 1. The van der Waals surface area contributed by atoms with E-state index < -0.39 is 11.8 Å². The Bertz CT molecular complexity index is 578. The minimum absolute atomic E-state index is 0.130. The average Bonchev–Trinajstić information content (AvgIpc) is 2.45. The number of rotatable bonds is 6. The fraction of sp³-hybridized carbons (Fsp3) is 0.154. The number of anilines is 1. The van der Waals surface area contributed by atoms with Crippen molar-refractivity contribution in [2.75, 3.05) is 17.7 Å². The molecular weight excluding hydrogens is 280 g/mol. The van der Waals surface area contributed by atoms with Gasteiger partial charge in [0, 0.05) is 18.6 Å². The molecule has 0 radical (unpaired) electrons. The zero-order valence-electron chi connectivity index (χ0n) is 10.5. The molecule has 1 aromatic rings. The minimum Gasteiger partial charge on any atom is -0.366 e. The first-order valence-corrected chi connectivity index (χ1v) is 6.23. The molecule has 0 saturated heterocycles. The fourth-order valence-corrected chi connectivity index (χ4v) is 1.47. The number of nitrogens with one attached hydrogen (secondary N) is 2. The van der Waals surface area contributed by atoms with E-state index in [1.807, 2.05) is 0 Å². The smallest absolute Gasteiger partial charge is 0.263 e. The predicted molar refractivity (Wildman–Crippen MR) is 76.0 cm³/mol. The second kappa shape index (κ2) is 7.81. The summed E-state index contributed by atoms with van der Waals surface area (Å²) in [4.78, 5) is 22.8. The van der Waals surface area contributed by atoms with Crippen LogP contribution in [0.3, 0.4) is 0 Å². The molecule has 7 heteroatoms. The van der Waals surface area contributed by atoms with Crippen LogP contribution < -0.4 is 16.4 Å². The summed E-state index contributed by atoms with van der Waals surface area (Å²) in [6.45, 7) is 0.261. The molecule has 6 nitrogen and oxygen atoms in total. The number of nitrogens with zero attached hydrogens (tertiary/aromatic N) is 1. The zero-order chi connectivity index (χ0) is 15.0. The summed E-state index contributed by atoms with van der Waals surface area (Å²) in [6.07, 6.45) is 1.21. The van der Waals surface area contributed by atoms with Gasteiger partial charge in [0.05, 0.1) is 11.3 Å². The first-order chi connectivity index (χ1) is 9.60. The van der Waals surface area contributed by atoms with Crippen LogP contribution in [0.5, 0.6) is 0 Å². The van der Waals surface area contributed by atoms with Crippen LogP contribution >= 0.6 is 11.6 Å². The lowest BCUT2D eigenvalue weighted by Gasteiger charge is -2.06. The number of hydrogen-bond donors (Lipinski definition) is 3. The van der Waals surface area contributed by atoms with E-state index >= 15 is 0 Å². The van der Waals surface area contributed by atoms with Crippen molar-refractivity contribution in [1.82, 2.24) is 5.32 Å². The third-order valence-corrected chi connectivity index (χ3v) is 2.50. The van der Waals surface area contributed by atoms with E-state index in [9.17, 15) is 9.59 Å². The molecule has 0 spiro atoms.